The molecule has 0 saturated heterocycles. The van der Waals surface area contributed by atoms with E-state index in [2.05, 4.69) is 10.0 Å². The van der Waals surface area contributed by atoms with Crippen LogP contribution in [0.3, 0.4) is 0 Å². The third-order valence-corrected chi connectivity index (χ3v) is 6.53. The Hall–Kier alpha value is -1.81. The first-order valence-corrected chi connectivity index (χ1v) is 11.2. The third-order valence-electron chi connectivity index (χ3n) is 5.08. The minimum Gasteiger partial charge on any atom is -0.385 e. The van der Waals surface area contributed by atoms with Crippen LogP contribution in [0.2, 0.25) is 0 Å². The van der Waals surface area contributed by atoms with Crippen molar-refractivity contribution >= 4 is 21.6 Å². The molecule has 1 aliphatic carbocycles. The fourth-order valence-electron chi connectivity index (χ4n) is 3.36. The first-order chi connectivity index (χ1) is 13.4. The molecule has 0 radical (unpaired) electrons. The number of alkyl halides is 3. The number of amides is 1. The lowest BCUT2D eigenvalue weighted by molar-refractivity contribution is -0.137. The Labute approximate surface area is 169 Å². The molecule has 0 aromatic heterocycles. The van der Waals surface area contributed by atoms with Gasteiger partial charge in [-0.1, -0.05) is 0 Å². The monoisotopic (exact) mass is 435 g/mol. The molecule has 10 heteroatoms. The van der Waals surface area contributed by atoms with Gasteiger partial charge in [0.15, 0.2) is 0 Å². The van der Waals surface area contributed by atoms with E-state index in [1.54, 1.807) is 6.92 Å². The van der Waals surface area contributed by atoms with Crippen LogP contribution in [-0.4, -0.2) is 51.7 Å². The largest absolute Gasteiger partial charge is 0.416 e. The van der Waals surface area contributed by atoms with Crippen molar-refractivity contribution in [3.8, 4) is 0 Å². The van der Waals surface area contributed by atoms with Crippen molar-refractivity contribution in [2.45, 2.75) is 44.8 Å². The Bertz CT molecular complexity index is 818. The Morgan fingerprint density at radius 3 is 2.28 bits per heavy atom. The van der Waals surface area contributed by atoms with Crippen LogP contribution < -0.4 is 10.0 Å². The summed E-state index contributed by atoms with van der Waals surface area (Å²) in [4.78, 5) is 13.4. The van der Waals surface area contributed by atoms with E-state index >= 15 is 0 Å². The number of anilines is 1. The molecule has 6 nitrogen and oxygen atoms in total. The second kappa shape index (κ2) is 9.34. The summed E-state index contributed by atoms with van der Waals surface area (Å²) in [7, 11) is -0.265. The van der Waals surface area contributed by atoms with Gasteiger partial charge in [0.05, 0.1) is 11.3 Å². The molecule has 1 aromatic rings. The van der Waals surface area contributed by atoms with E-state index in [4.69, 9.17) is 0 Å². The summed E-state index contributed by atoms with van der Waals surface area (Å²) >= 11 is 0. The zero-order valence-electron chi connectivity index (χ0n) is 16.8. The third kappa shape index (κ3) is 6.88. The van der Waals surface area contributed by atoms with Gasteiger partial charge in [-0.15, -0.1) is 0 Å². The van der Waals surface area contributed by atoms with Gasteiger partial charge in [0.2, 0.25) is 10.0 Å². The highest BCUT2D eigenvalue weighted by atomic mass is 32.2. The summed E-state index contributed by atoms with van der Waals surface area (Å²) in [5.41, 5.74) is -0.644. The SMILES string of the molecule is CCS(=O)(=O)N[C@H]1CC[C@H](CNc2cc(C(=O)N(C)C)cc(C(F)(F)F)c2)CC1. The van der Waals surface area contributed by atoms with Crippen LogP contribution >= 0.6 is 0 Å². The molecule has 1 saturated carbocycles. The first-order valence-electron chi connectivity index (χ1n) is 9.59. The van der Waals surface area contributed by atoms with E-state index in [0.717, 1.165) is 25.0 Å². The molecule has 1 aliphatic rings. The van der Waals surface area contributed by atoms with Gasteiger partial charge in [-0.05, 0) is 56.7 Å². The summed E-state index contributed by atoms with van der Waals surface area (Å²) in [5.74, 6) is -0.235. The lowest BCUT2D eigenvalue weighted by Gasteiger charge is -2.29. The standard InChI is InChI=1S/C19H28F3N3O3S/c1-4-29(27,28)24-16-7-5-13(6-8-16)12-23-17-10-14(18(26)25(2)3)9-15(11-17)19(20,21)22/h9-11,13,16,23-24H,4-8,12H2,1-3H3/t13-,16-. The molecule has 0 heterocycles. The minimum absolute atomic E-state index is 0.0231. The average Bonchev–Trinajstić information content (AvgIpc) is 2.65. The zero-order chi connectivity index (χ0) is 21.8. The lowest BCUT2D eigenvalue weighted by Crippen LogP contribution is -2.39. The lowest BCUT2D eigenvalue weighted by atomic mass is 9.86. The molecule has 0 aliphatic heterocycles. The Balaban J connectivity index is 2.02. The molecule has 0 unspecified atom stereocenters. The van der Waals surface area contributed by atoms with Gasteiger partial charge in [0.1, 0.15) is 0 Å². The van der Waals surface area contributed by atoms with Gasteiger partial charge in [-0.25, -0.2) is 13.1 Å². The summed E-state index contributed by atoms with van der Waals surface area (Å²) in [6.45, 7) is 2.05. The fourth-order valence-corrected chi connectivity index (χ4v) is 4.27. The molecule has 0 spiro atoms. The van der Waals surface area contributed by atoms with Gasteiger partial charge in [0.25, 0.3) is 5.91 Å². The highest BCUT2D eigenvalue weighted by Gasteiger charge is 2.32. The zero-order valence-corrected chi connectivity index (χ0v) is 17.7. The Kier molecular flexibility index (Phi) is 7.56. The molecule has 0 atom stereocenters. The molecular formula is C19H28F3N3O3S. The van der Waals surface area contributed by atoms with Gasteiger partial charge in [-0.3, -0.25) is 4.79 Å². The second-order valence-electron chi connectivity index (χ2n) is 7.62. The highest BCUT2D eigenvalue weighted by Crippen LogP contribution is 2.33. The number of carbonyl (C=O) groups excluding carboxylic acids is 1. The van der Waals surface area contributed by atoms with Gasteiger partial charge in [0, 0.05) is 37.9 Å². The van der Waals surface area contributed by atoms with E-state index in [1.807, 2.05) is 0 Å². The summed E-state index contributed by atoms with van der Waals surface area (Å²) in [6, 6.07) is 3.21. The second-order valence-corrected chi connectivity index (χ2v) is 9.66. The van der Waals surface area contributed by atoms with Crippen molar-refractivity contribution in [2.75, 3.05) is 31.7 Å². The number of hydrogen-bond acceptors (Lipinski definition) is 4. The summed E-state index contributed by atoms with van der Waals surface area (Å²) in [6.07, 6.45) is -1.62. The van der Waals surface area contributed by atoms with Crippen molar-refractivity contribution in [3.63, 3.8) is 0 Å². The van der Waals surface area contributed by atoms with Crippen LogP contribution in [0, 0.1) is 5.92 Å². The smallest absolute Gasteiger partial charge is 0.385 e. The number of rotatable bonds is 7. The number of halogens is 3. The van der Waals surface area contributed by atoms with Crippen LogP contribution in [0.5, 0.6) is 0 Å². The van der Waals surface area contributed by atoms with Crippen molar-refractivity contribution in [1.82, 2.24) is 9.62 Å². The predicted octanol–water partition coefficient (Wildman–Crippen LogP) is 3.32. The van der Waals surface area contributed by atoms with E-state index in [9.17, 15) is 26.4 Å². The normalized spacial score (nSPS) is 20.3. The fraction of sp³-hybridized carbons (Fsp3) is 0.632. The van der Waals surface area contributed by atoms with Crippen LogP contribution in [0.1, 0.15) is 48.5 Å². The van der Waals surface area contributed by atoms with Gasteiger partial charge < -0.3 is 10.2 Å². The number of nitrogens with zero attached hydrogens (tertiary/aromatic N) is 1. The van der Waals surface area contributed by atoms with Crippen molar-refractivity contribution < 1.29 is 26.4 Å². The number of benzene rings is 1. The van der Waals surface area contributed by atoms with Crippen LogP contribution in [0.25, 0.3) is 0 Å². The van der Waals surface area contributed by atoms with Crippen LogP contribution in [-0.2, 0) is 16.2 Å². The van der Waals surface area contributed by atoms with E-state index in [0.29, 0.717) is 19.4 Å². The molecule has 29 heavy (non-hydrogen) atoms. The van der Waals surface area contributed by atoms with E-state index in [1.165, 1.54) is 25.1 Å². The van der Waals surface area contributed by atoms with Crippen molar-refractivity contribution in [2.24, 2.45) is 5.92 Å². The van der Waals surface area contributed by atoms with Crippen LogP contribution in [0.4, 0.5) is 18.9 Å². The highest BCUT2D eigenvalue weighted by molar-refractivity contribution is 7.89. The topological polar surface area (TPSA) is 78.5 Å². The first kappa shape index (κ1) is 23.5. The Morgan fingerprint density at radius 1 is 1.14 bits per heavy atom. The molecule has 2 N–H and O–H groups in total. The molecule has 1 amide bonds. The summed E-state index contributed by atoms with van der Waals surface area (Å²) in [5, 5.41) is 3.03. The molecule has 2 rings (SSSR count). The maximum atomic E-state index is 13.2. The molecular weight excluding hydrogens is 407 g/mol. The predicted molar refractivity (Wildman–Crippen MR) is 106 cm³/mol. The minimum atomic E-state index is -4.55. The van der Waals surface area contributed by atoms with Gasteiger partial charge in [-0.2, -0.15) is 13.2 Å². The van der Waals surface area contributed by atoms with E-state index < -0.39 is 27.7 Å². The van der Waals surface area contributed by atoms with Gasteiger partial charge >= 0.3 is 6.18 Å². The molecule has 1 aromatic carbocycles. The molecule has 1 fully saturated rings. The van der Waals surface area contributed by atoms with E-state index in [-0.39, 0.29) is 29.0 Å². The number of hydrogen-bond donors (Lipinski definition) is 2. The molecule has 164 valence electrons. The number of sulfonamides is 1. The number of nitrogens with one attached hydrogen (secondary N) is 2. The maximum absolute atomic E-state index is 13.2. The van der Waals surface area contributed by atoms with Crippen molar-refractivity contribution in [3.05, 3.63) is 29.3 Å². The quantitative estimate of drug-likeness (QED) is 0.689. The van der Waals surface area contributed by atoms with Crippen LogP contribution in [0.15, 0.2) is 18.2 Å². The number of carbonyl (C=O) groups is 1. The Morgan fingerprint density at radius 2 is 1.76 bits per heavy atom. The maximum Gasteiger partial charge on any atom is 0.416 e. The summed E-state index contributed by atoms with van der Waals surface area (Å²) < 4.78 is 65.6. The molecule has 0 bridgehead atoms. The van der Waals surface area contributed by atoms with Crippen molar-refractivity contribution in [1.29, 1.82) is 0 Å². The average molecular weight is 436 g/mol.